The van der Waals surface area contributed by atoms with E-state index in [-0.39, 0.29) is 18.4 Å². The molecule has 0 fully saturated rings. The van der Waals surface area contributed by atoms with Crippen LogP contribution in [0.1, 0.15) is 83.9 Å². The van der Waals surface area contributed by atoms with E-state index in [1.54, 1.807) is 45.0 Å². The van der Waals surface area contributed by atoms with Crippen LogP contribution in [-0.2, 0) is 14.3 Å². The number of nitrogens with zero attached hydrogens (tertiary/aromatic N) is 1. The minimum absolute atomic E-state index is 0.280. The molecule has 0 aliphatic heterocycles. The quantitative estimate of drug-likeness (QED) is 0.364. The fourth-order valence-corrected chi connectivity index (χ4v) is 3.30. The van der Waals surface area contributed by atoms with Gasteiger partial charge in [-0.05, 0) is 45.2 Å². The topological polar surface area (TPSA) is 87.7 Å². The summed E-state index contributed by atoms with van der Waals surface area (Å²) in [6, 6.07) is 6.25. The van der Waals surface area contributed by atoms with E-state index in [2.05, 4.69) is 23.5 Å². The van der Waals surface area contributed by atoms with Crippen molar-refractivity contribution in [3.63, 3.8) is 0 Å². The van der Waals surface area contributed by atoms with Gasteiger partial charge in [0.1, 0.15) is 18.2 Å². The van der Waals surface area contributed by atoms with E-state index in [0.717, 1.165) is 32.1 Å². The molecule has 7 nitrogen and oxygen atoms in total. The number of carbonyl (C=O) groups is 3. The van der Waals surface area contributed by atoms with E-state index >= 15 is 0 Å². The summed E-state index contributed by atoms with van der Waals surface area (Å²) >= 11 is 0. The summed E-state index contributed by atoms with van der Waals surface area (Å²) < 4.78 is 5.23. The number of benzene rings is 1. The maximum Gasteiger partial charge on any atom is 0.408 e. The average molecular weight is 458 g/mol. The normalized spacial score (nSPS) is 11.8. The maximum absolute atomic E-state index is 13.3. The van der Waals surface area contributed by atoms with E-state index in [1.807, 2.05) is 6.92 Å². The molecule has 182 valence electrons. The minimum atomic E-state index is -0.890. The summed E-state index contributed by atoms with van der Waals surface area (Å²) in [5.74, 6) is 1.97. The Labute approximate surface area is 198 Å². The van der Waals surface area contributed by atoms with Crippen LogP contribution in [0.15, 0.2) is 24.3 Å². The van der Waals surface area contributed by atoms with Crippen molar-refractivity contribution in [3.05, 3.63) is 35.4 Å². The molecule has 3 amide bonds. The predicted octanol–water partition coefficient (Wildman–Crippen LogP) is 4.17. The van der Waals surface area contributed by atoms with E-state index in [0.29, 0.717) is 24.2 Å². The number of ether oxygens (including phenoxy) is 1. The zero-order chi connectivity index (χ0) is 24.9. The Hall–Kier alpha value is -3.01. The van der Waals surface area contributed by atoms with Crippen molar-refractivity contribution in [2.24, 2.45) is 0 Å². The fraction of sp³-hybridized carbons (Fsp3) is 0.577. The Morgan fingerprint density at radius 1 is 1.06 bits per heavy atom. The molecule has 1 aromatic carbocycles. The Morgan fingerprint density at radius 2 is 1.73 bits per heavy atom. The lowest BCUT2D eigenvalue weighted by molar-refractivity contribution is -0.140. The van der Waals surface area contributed by atoms with Crippen molar-refractivity contribution in [3.8, 4) is 12.3 Å². The molecule has 0 aliphatic carbocycles. The van der Waals surface area contributed by atoms with Gasteiger partial charge in [0.2, 0.25) is 11.8 Å². The molecule has 2 N–H and O–H groups in total. The predicted molar refractivity (Wildman–Crippen MR) is 131 cm³/mol. The van der Waals surface area contributed by atoms with Gasteiger partial charge in [-0.25, -0.2) is 4.79 Å². The molecule has 0 aromatic heterocycles. The number of carbonyl (C=O) groups excluding carboxylic acids is 3. The SMILES string of the molecule is C#Cc1ccccc1C(C(=O)NCCCC)N(CCCCC)C(=O)CNC(=O)OC(C)(C)C. The average Bonchev–Trinajstić information content (AvgIpc) is 2.76. The smallest absolute Gasteiger partial charge is 0.408 e. The van der Waals surface area contributed by atoms with Crippen LogP contribution in [0, 0.1) is 12.3 Å². The van der Waals surface area contributed by atoms with E-state index in [1.165, 1.54) is 4.90 Å². The second-order valence-electron chi connectivity index (χ2n) is 8.93. The van der Waals surface area contributed by atoms with Crippen LogP contribution in [0.3, 0.4) is 0 Å². The van der Waals surface area contributed by atoms with Crippen molar-refractivity contribution in [2.75, 3.05) is 19.6 Å². The zero-order valence-electron chi connectivity index (χ0n) is 20.7. The zero-order valence-corrected chi connectivity index (χ0v) is 20.7. The molecule has 1 atom stereocenters. The highest BCUT2D eigenvalue weighted by Gasteiger charge is 2.32. The van der Waals surface area contributed by atoms with Crippen molar-refractivity contribution in [2.45, 2.75) is 78.4 Å². The molecule has 1 unspecified atom stereocenters. The van der Waals surface area contributed by atoms with Crippen LogP contribution >= 0.6 is 0 Å². The number of hydrogen-bond acceptors (Lipinski definition) is 4. The lowest BCUT2D eigenvalue weighted by atomic mass is 9.97. The molecule has 1 aromatic rings. The molecule has 1 rings (SSSR count). The number of unbranched alkanes of at least 4 members (excludes halogenated alkanes) is 3. The van der Waals surface area contributed by atoms with E-state index in [9.17, 15) is 14.4 Å². The summed E-state index contributed by atoms with van der Waals surface area (Å²) in [6.07, 6.45) is 9.39. The molecule has 0 bridgehead atoms. The van der Waals surface area contributed by atoms with E-state index in [4.69, 9.17) is 11.2 Å². The molecule has 0 saturated carbocycles. The second-order valence-corrected chi connectivity index (χ2v) is 8.93. The first-order chi connectivity index (χ1) is 15.6. The van der Waals surface area contributed by atoms with Gasteiger partial charge in [-0.1, -0.05) is 57.2 Å². The highest BCUT2D eigenvalue weighted by Crippen LogP contribution is 2.25. The summed E-state index contributed by atoms with van der Waals surface area (Å²) in [5.41, 5.74) is 0.471. The lowest BCUT2D eigenvalue weighted by Gasteiger charge is -2.32. The van der Waals surface area contributed by atoms with Crippen molar-refractivity contribution in [1.29, 1.82) is 0 Å². The first-order valence-electron chi connectivity index (χ1n) is 11.7. The Balaban J connectivity index is 3.23. The van der Waals surface area contributed by atoms with Crippen LogP contribution in [0.25, 0.3) is 0 Å². The molecule has 0 saturated heterocycles. The third-order valence-electron chi connectivity index (χ3n) is 4.91. The third kappa shape index (κ3) is 9.98. The van der Waals surface area contributed by atoms with Crippen molar-refractivity contribution >= 4 is 17.9 Å². The number of rotatable bonds is 12. The number of terminal acetylenes is 1. The van der Waals surface area contributed by atoms with Crippen LogP contribution in [0.4, 0.5) is 4.79 Å². The summed E-state index contributed by atoms with van der Waals surface area (Å²) in [7, 11) is 0. The third-order valence-corrected chi connectivity index (χ3v) is 4.91. The molecular formula is C26H39N3O4. The Bertz CT molecular complexity index is 824. The van der Waals surface area contributed by atoms with Crippen LogP contribution in [0.5, 0.6) is 0 Å². The first kappa shape index (κ1) is 28.0. The first-order valence-corrected chi connectivity index (χ1v) is 11.7. The Morgan fingerprint density at radius 3 is 2.33 bits per heavy atom. The van der Waals surface area contributed by atoms with Gasteiger partial charge < -0.3 is 20.3 Å². The van der Waals surface area contributed by atoms with E-state index < -0.39 is 17.7 Å². The molecule has 0 aliphatic rings. The molecule has 0 heterocycles. The number of alkyl carbamates (subject to hydrolysis) is 1. The number of amides is 3. The standard InChI is InChI=1S/C26H39N3O4/c1-7-10-14-18-29(22(30)19-28-25(32)33-26(4,5)6)23(24(31)27-17-11-8-2)21-16-13-12-15-20(21)9-3/h3,12-13,15-16,23H,7-8,10-11,14,17-19H2,1-2,4-6H3,(H,27,31)(H,28,32). The van der Waals surface area contributed by atoms with Gasteiger partial charge in [-0.2, -0.15) is 0 Å². The number of nitrogens with one attached hydrogen (secondary N) is 2. The van der Waals surface area contributed by atoms with Gasteiger partial charge in [0.05, 0.1) is 0 Å². The summed E-state index contributed by atoms with van der Waals surface area (Å²) in [4.78, 5) is 40.2. The second kappa shape index (κ2) is 14.2. The fourth-order valence-electron chi connectivity index (χ4n) is 3.30. The molecule has 7 heteroatoms. The van der Waals surface area contributed by atoms with Crippen LogP contribution in [-0.4, -0.2) is 48.0 Å². The summed E-state index contributed by atoms with van der Waals surface area (Å²) in [5, 5.41) is 5.45. The highest BCUT2D eigenvalue weighted by atomic mass is 16.6. The van der Waals surface area contributed by atoms with Gasteiger partial charge in [0.25, 0.3) is 0 Å². The van der Waals surface area contributed by atoms with Gasteiger partial charge >= 0.3 is 6.09 Å². The lowest BCUT2D eigenvalue weighted by Crippen LogP contribution is -2.48. The van der Waals surface area contributed by atoms with Crippen LogP contribution in [0.2, 0.25) is 0 Å². The van der Waals surface area contributed by atoms with Crippen molar-refractivity contribution < 1.29 is 19.1 Å². The van der Waals surface area contributed by atoms with Gasteiger partial charge in [-0.15, -0.1) is 6.42 Å². The highest BCUT2D eigenvalue weighted by molar-refractivity contribution is 5.91. The monoisotopic (exact) mass is 457 g/mol. The van der Waals surface area contributed by atoms with Gasteiger partial charge in [0.15, 0.2) is 0 Å². The van der Waals surface area contributed by atoms with Gasteiger partial charge in [0, 0.05) is 18.7 Å². The molecule has 0 radical (unpaired) electrons. The largest absolute Gasteiger partial charge is 0.444 e. The number of hydrogen-bond donors (Lipinski definition) is 2. The summed E-state index contributed by atoms with van der Waals surface area (Å²) in [6.45, 7) is 9.96. The minimum Gasteiger partial charge on any atom is -0.444 e. The van der Waals surface area contributed by atoms with Gasteiger partial charge in [-0.3, -0.25) is 9.59 Å². The molecule has 33 heavy (non-hydrogen) atoms. The van der Waals surface area contributed by atoms with Crippen molar-refractivity contribution in [1.82, 2.24) is 15.5 Å². The maximum atomic E-state index is 13.3. The Kier molecular flexibility index (Phi) is 12.1. The van der Waals surface area contributed by atoms with Crippen LogP contribution < -0.4 is 10.6 Å². The molecular weight excluding hydrogens is 418 g/mol. The molecule has 0 spiro atoms.